The molecular weight excluding hydrogens is 206 g/mol. The van der Waals surface area contributed by atoms with Gasteiger partial charge in [0.25, 0.3) is 0 Å². The maximum atomic E-state index is 11.6. The van der Waals surface area contributed by atoms with E-state index in [1.807, 2.05) is 18.2 Å². The summed E-state index contributed by atoms with van der Waals surface area (Å²) in [5.41, 5.74) is 7.19. The zero-order valence-corrected chi connectivity index (χ0v) is 8.77. The molecule has 2 amide bonds. The van der Waals surface area contributed by atoms with Gasteiger partial charge in [-0.3, -0.25) is 9.59 Å². The van der Waals surface area contributed by atoms with E-state index in [1.165, 1.54) is 4.90 Å². The van der Waals surface area contributed by atoms with Gasteiger partial charge >= 0.3 is 11.8 Å². The fourth-order valence-electron chi connectivity index (χ4n) is 1.68. The van der Waals surface area contributed by atoms with Crippen molar-refractivity contribution in [2.45, 2.75) is 6.54 Å². The highest BCUT2D eigenvalue weighted by Gasteiger charge is 2.26. The van der Waals surface area contributed by atoms with Gasteiger partial charge in [0.1, 0.15) is 0 Å². The number of amides is 2. The Hall–Kier alpha value is -1.88. The normalized spacial score (nSPS) is 16.2. The lowest BCUT2D eigenvalue weighted by molar-refractivity contribution is -0.138. The van der Waals surface area contributed by atoms with Crippen molar-refractivity contribution in [2.24, 2.45) is 5.73 Å². The van der Waals surface area contributed by atoms with Crippen molar-refractivity contribution >= 4 is 17.5 Å². The molecule has 1 saturated heterocycles. The number of nitrogens with zero attached hydrogens (tertiary/aromatic N) is 1. The lowest BCUT2D eigenvalue weighted by Gasteiger charge is -2.26. The van der Waals surface area contributed by atoms with E-state index in [-0.39, 0.29) is 0 Å². The summed E-state index contributed by atoms with van der Waals surface area (Å²) >= 11 is 0. The van der Waals surface area contributed by atoms with E-state index in [4.69, 9.17) is 5.73 Å². The van der Waals surface area contributed by atoms with Gasteiger partial charge in [-0.25, -0.2) is 0 Å². The molecule has 2 rings (SSSR count). The Bertz CT molecular complexity index is 431. The van der Waals surface area contributed by atoms with E-state index in [0.29, 0.717) is 19.6 Å². The number of nitrogens with one attached hydrogen (secondary N) is 1. The van der Waals surface area contributed by atoms with Crippen molar-refractivity contribution in [2.75, 3.05) is 18.0 Å². The third-order valence-corrected chi connectivity index (χ3v) is 2.52. The van der Waals surface area contributed by atoms with Crippen molar-refractivity contribution in [3.8, 4) is 0 Å². The molecule has 3 N–H and O–H groups in total. The topological polar surface area (TPSA) is 75.4 Å². The molecule has 0 spiro atoms. The highest BCUT2D eigenvalue weighted by atomic mass is 16.2. The molecule has 1 aliphatic rings. The average Bonchev–Trinajstić information content (AvgIpc) is 2.33. The molecule has 1 fully saturated rings. The van der Waals surface area contributed by atoms with Crippen LogP contribution in [-0.4, -0.2) is 24.9 Å². The van der Waals surface area contributed by atoms with Crippen LogP contribution in [0.1, 0.15) is 5.56 Å². The number of rotatable bonds is 2. The van der Waals surface area contributed by atoms with Crippen molar-refractivity contribution in [3.63, 3.8) is 0 Å². The van der Waals surface area contributed by atoms with E-state index in [2.05, 4.69) is 5.32 Å². The van der Waals surface area contributed by atoms with Gasteiger partial charge in [-0.15, -0.1) is 0 Å². The molecule has 16 heavy (non-hydrogen) atoms. The summed E-state index contributed by atoms with van der Waals surface area (Å²) in [4.78, 5) is 24.3. The van der Waals surface area contributed by atoms with Crippen LogP contribution >= 0.6 is 0 Å². The van der Waals surface area contributed by atoms with Crippen LogP contribution in [0.25, 0.3) is 0 Å². The molecule has 0 radical (unpaired) electrons. The van der Waals surface area contributed by atoms with Gasteiger partial charge in [-0.2, -0.15) is 0 Å². The summed E-state index contributed by atoms with van der Waals surface area (Å²) in [5, 5.41) is 2.51. The first-order valence-corrected chi connectivity index (χ1v) is 5.11. The van der Waals surface area contributed by atoms with Crippen molar-refractivity contribution in [1.82, 2.24) is 5.32 Å². The summed E-state index contributed by atoms with van der Waals surface area (Å²) in [5.74, 6) is -1.06. The average molecular weight is 219 g/mol. The molecule has 1 heterocycles. The van der Waals surface area contributed by atoms with E-state index < -0.39 is 11.8 Å². The lowest BCUT2D eigenvalue weighted by Crippen LogP contribution is -2.52. The Morgan fingerprint density at radius 1 is 1.38 bits per heavy atom. The standard InChI is InChI=1S/C11H13N3O2/c12-7-8-2-1-3-9(6-8)14-5-4-13-10(15)11(14)16/h1-3,6H,4-5,7,12H2,(H,13,15). The fourth-order valence-corrected chi connectivity index (χ4v) is 1.68. The summed E-state index contributed by atoms with van der Waals surface area (Å²) in [6.45, 7) is 1.40. The molecule has 0 unspecified atom stereocenters. The van der Waals surface area contributed by atoms with Gasteiger partial charge in [-0.05, 0) is 17.7 Å². The number of piperazine rings is 1. The second-order valence-electron chi connectivity index (χ2n) is 3.59. The Morgan fingerprint density at radius 2 is 2.19 bits per heavy atom. The smallest absolute Gasteiger partial charge is 0.316 e. The van der Waals surface area contributed by atoms with Gasteiger partial charge in [0.15, 0.2) is 0 Å². The van der Waals surface area contributed by atoms with E-state index in [9.17, 15) is 9.59 Å². The molecule has 84 valence electrons. The molecule has 1 aromatic carbocycles. The Kier molecular flexibility index (Phi) is 2.87. The second-order valence-corrected chi connectivity index (χ2v) is 3.59. The lowest BCUT2D eigenvalue weighted by atomic mass is 10.1. The SMILES string of the molecule is NCc1cccc(N2CCNC(=O)C2=O)c1. The first-order chi connectivity index (χ1) is 7.72. The van der Waals surface area contributed by atoms with Gasteiger partial charge in [0.05, 0.1) is 0 Å². The summed E-state index contributed by atoms with van der Waals surface area (Å²) in [6.07, 6.45) is 0. The molecule has 1 aromatic rings. The minimum Gasteiger partial charge on any atom is -0.346 e. The third-order valence-electron chi connectivity index (χ3n) is 2.52. The zero-order valence-electron chi connectivity index (χ0n) is 8.77. The molecule has 0 aliphatic carbocycles. The Labute approximate surface area is 93.2 Å². The van der Waals surface area contributed by atoms with Crippen molar-refractivity contribution in [1.29, 1.82) is 0 Å². The highest BCUT2D eigenvalue weighted by Crippen LogP contribution is 2.17. The number of carbonyl (C=O) groups is 2. The predicted molar refractivity (Wildman–Crippen MR) is 59.7 cm³/mol. The number of hydrogen-bond acceptors (Lipinski definition) is 3. The van der Waals surface area contributed by atoms with Gasteiger partial charge in [0, 0.05) is 25.3 Å². The quantitative estimate of drug-likeness (QED) is 0.665. The van der Waals surface area contributed by atoms with Crippen LogP contribution in [0, 0.1) is 0 Å². The van der Waals surface area contributed by atoms with Crippen LogP contribution in [0.4, 0.5) is 5.69 Å². The van der Waals surface area contributed by atoms with Crippen molar-refractivity contribution in [3.05, 3.63) is 29.8 Å². The molecular formula is C11H13N3O2. The molecule has 5 nitrogen and oxygen atoms in total. The fraction of sp³-hybridized carbons (Fsp3) is 0.273. The molecule has 5 heteroatoms. The predicted octanol–water partition coefficient (Wildman–Crippen LogP) is -0.392. The van der Waals surface area contributed by atoms with Crippen LogP contribution in [0.15, 0.2) is 24.3 Å². The Morgan fingerprint density at radius 3 is 2.94 bits per heavy atom. The van der Waals surface area contributed by atoms with Gasteiger partial charge < -0.3 is 16.0 Å². The monoisotopic (exact) mass is 219 g/mol. The maximum Gasteiger partial charge on any atom is 0.316 e. The second kappa shape index (κ2) is 4.32. The van der Waals surface area contributed by atoms with E-state index in [1.54, 1.807) is 6.07 Å². The molecule has 0 aromatic heterocycles. The molecule has 0 atom stereocenters. The number of carbonyl (C=O) groups excluding carboxylic acids is 2. The number of nitrogens with two attached hydrogens (primary N) is 1. The van der Waals surface area contributed by atoms with Crippen LogP contribution in [0.5, 0.6) is 0 Å². The molecule has 0 bridgehead atoms. The van der Waals surface area contributed by atoms with Gasteiger partial charge in [-0.1, -0.05) is 12.1 Å². The largest absolute Gasteiger partial charge is 0.346 e. The first-order valence-electron chi connectivity index (χ1n) is 5.11. The van der Waals surface area contributed by atoms with E-state index >= 15 is 0 Å². The molecule has 0 saturated carbocycles. The van der Waals surface area contributed by atoms with E-state index in [0.717, 1.165) is 11.3 Å². The first kappa shape index (κ1) is 10.6. The zero-order chi connectivity index (χ0) is 11.5. The highest BCUT2D eigenvalue weighted by molar-refractivity contribution is 6.41. The number of anilines is 1. The third kappa shape index (κ3) is 1.90. The Balaban J connectivity index is 2.28. The number of hydrogen-bond donors (Lipinski definition) is 2. The maximum absolute atomic E-state index is 11.6. The summed E-state index contributed by atoms with van der Waals surface area (Å²) in [7, 11) is 0. The summed E-state index contributed by atoms with van der Waals surface area (Å²) in [6, 6.07) is 7.35. The van der Waals surface area contributed by atoms with Crippen LogP contribution in [0.2, 0.25) is 0 Å². The van der Waals surface area contributed by atoms with Crippen molar-refractivity contribution < 1.29 is 9.59 Å². The van der Waals surface area contributed by atoms with Gasteiger partial charge in [0.2, 0.25) is 0 Å². The minimum absolute atomic E-state index is 0.419. The van der Waals surface area contributed by atoms with Crippen LogP contribution in [0.3, 0.4) is 0 Å². The summed E-state index contributed by atoms with van der Waals surface area (Å²) < 4.78 is 0. The number of benzene rings is 1. The van der Waals surface area contributed by atoms with Crippen LogP contribution in [-0.2, 0) is 16.1 Å². The minimum atomic E-state index is -0.551. The molecule has 1 aliphatic heterocycles. The van der Waals surface area contributed by atoms with Crippen LogP contribution < -0.4 is 16.0 Å².